The van der Waals surface area contributed by atoms with Gasteiger partial charge in [-0.05, 0) is 24.7 Å². The highest BCUT2D eigenvalue weighted by atomic mass is 15.1. The summed E-state index contributed by atoms with van der Waals surface area (Å²) in [5.74, 6) is 1.73. The van der Waals surface area contributed by atoms with Gasteiger partial charge in [-0.15, -0.1) is 0 Å². The molecule has 2 N–H and O–H groups in total. The molecule has 0 aliphatic heterocycles. The van der Waals surface area contributed by atoms with Crippen molar-refractivity contribution in [1.29, 1.82) is 0 Å². The van der Waals surface area contributed by atoms with Crippen molar-refractivity contribution in [2.45, 2.75) is 32.1 Å². The van der Waals surface area contributed by atoms with Gasteiger partial charge in [0.2, 0.25) is 11.5 Å². The average Bonchev–Trinajstić information content (AvgIpc) is 2.43. The van der Waals surface area contributed by atoms with Crippen molar-refractivity contribution >= 4 is 11.3 Å². The van der Waals surface area contributed by atoms with Gasteiger partial charge in [-0.1, -0.05) is 6.42 Å². The van der Waals surface area contributed by atoms with Crippen LogP contribution in [0.2, 0.25) is 0 Å². The fraction of sp³-hybridized carbons (Fsp3) is 0.500. The lowest BCUT2D eigenvalue weighted by atomic mass is 9.85. The number of rotatable bonds is 1. The number of aryl methyl sites for hydroxylation is 1. The molecule has 1 fully saturated rings. The fourth-order valence-corrected chi connectivity index (χ4v) is 1.82. The Labute approximate surface area is 81.8 Å². The number of aromatic amines is 2. The van der Waals surface area contributed by atoms with Crippen LogP contribution in [0.1, 0.15) is 36.7 Å². The molecule has 1 aliphatic carbocycles. The molecule has 2 aromatic heterocycles. The van der Waals surface area contributed by atoms with E-state index in [2.05, 4.69) is 19.9 Å². The molecule has 1 aliphatic rings. The van der Waals surface area contributed by atoms with E-state index in [1.807, 2.05) is 13.1 Å². The molecule has 4 nitrogen and oxygen atoms in total. The van der Waals surface area contributed by atoms with Gasteiger partial charge in [0.05, 0.1) is 5.69 Å². The molecular formula is C10H13N4+. The number of nitrogens with one attached hydrogen (secondary N) is 2. The summed E-state index contributed by atoms with van der Waals surface area (Å²) in [7, 11) is 0. The first-order valence-electron chi connectivity index (χ1n) is 5.08. The smallest absolute Gasteiger partial charge is 0.300 e. The summed E-state index contributed by atoms with van der Waals surface area (Å²) < 4.78 is 0. The number of fused-ring (bicyclic) bond motifs is 1. The minimum Gasteiger partial charge on any atom is -0.300 e. The van der Waals surface area contributed by atoms with E-state index in [4.69, 9.17) is 0 Å². The topological polar surface area (TPSA) is 55.7 Å². The van der Waals surface area contributed by atoms with Crippen LogP contribution in [-0.4, -0.2) is 15.0 Å². The first-order valence-corrected chi connectivity index (χ1v) is 5.08. The molecule has 2 heterocycles. The van der Waals surface area contributed by atoms with Gasteiger partial charge >= 0.3 is 5.65 Å². The van der Waals surface area contributed by atoms with Gasteiger partial charge < -0.3 is 4.98 Å². The summed E-state index contributed by atoms with van der Waals surface area (Å²) in [6, 6.07) is 0. The summed E-state index contributed by atoms with van der Waals surface area (Å²) in [5, 5.41) is 0. The maximum Gasteiger partial charge on any atom is 0.366 e. The lowest BCUT2D eigenvalue weighted by Crippen LogP contribution is -2.10. The standard InChI is InChI=1S/C10H12N4/c1-6-5-11-9-10(12-6)14-8(13-9)7-3-2-4-7/h5,7H,2-4H2,1H3,(H,11,12,13,14)/p+1. The molecule has 1 saturated carbocycles. The molecule has 0 radical (unpaired) electrons. The predicted molar refractivity (Wildman–Crippen MR) is 51.8 cm³/mol. The number of hydrogen-bond acceptors (Lipinski definition) is 2. The molecule has 0 aromatic carbocycles. The second kappa shape index (κ2) is 2.77. The van der Waals surface area contributed by atoms with Crippen LogP contribution >= 0.6 is 0 Å². The molecule has 14 heavy (non-hydrogen) atoms. The molecule has 0 saturated heterocycles. The third-order valence-corrected chi connectivity index (χ3v) is 2.90. The predicted octanol–water partition coefficient (Wildman–Crippen LogP) is 1.35. The zero-order chi connectivity index (χ0) is 9.54. The van der Waals surface area contributed by atoms with E-state index in [1.165, 1.54) is 19.3 Å². The number of H-pyrrole nitrogens is 2. The Bertz CT molecular complexity index is 470. The molecule has 0 atom stereocenters. The minimum atomic E-state index is 0.637. The van der Waals surface area contributed by atoms with Crippen molar-refractivity contribution in [3.05, 3.63) is 17.7 Å². The molecule has 0 unspecified atom stereocenters. The van der Waals surface area contributed by atoms with Crippen LogP contribution < -0.4 is 4.98 Å². The quantitative estimate of drug-likeness (QED) is 0.736. The summed E-state index contributed by atoms with van der Waals surface area (Å²) in [5.41, 5.74) is 2.74. The molecule has 72 valence electrons. The van der Waals surface area contributed by atoms with Gasteiger partial charge in [-0.2, -0.15) is 0 Å². The summed E-state index contributed by atoms with van der Waals surface area (Å²) in [6.45, 7) is 1.97. The number of nitrogens with zero attached hydrogens (tertiary/aromatic N) is 2. The Morgan fingerprint density at radius 1 is 1.43 bits per heavy atom. The van der Waals surface area contributed by atoms with Crippen LogP contribution in [0.5, 0.6) is 0 Å². The molecule has 0 spiro atoms. The van der Waals surface area contributed by atoms with Gasteiger partial charge in [0.1, 0.15) is 6.20 Å². The number of hydrogen-bond donors (Lipinski definition) is 1. The lowest BCUT2D eigenvalue weighted by Gasteiger charge is -2.19. The third-order valence-electron chi connectivity index (χ3n) is 2.90. The van der Waals surface area contributed by atoms with Crippen molar-refractivity contribution < 1.29 is 4.98 Å². The molecular weight excluding hydrogens is 176 g/mol. The second-order valence-electron chi connectivity index (χ2n) is 3.99. The highest BCUT2D eigenvalue weighted by molar-refractivity contribution is 5.61. The zero-order valence-corrected chi connectivity index (χ0v) is 8.17. The van der Waals surface area contributed by atoms with Gasteiger partial charge in [-0.3, -0.25) is 0 Å². The highest BCUT2D eigenvalue weighted by Crippen LogP contribution is 2.34. The van der Waals surface area contributed by atoms with Gasteiger partial charge in [0, 0.05) is 5.92 Å². The third kappa shape index (κ3) is 1.10. The van der Waals surface area contributed by atoms with Crippen LogP contribution in [0, 0.1) is 6.92 Å². The fourth-order valence-electron chi connectivity index (χ4n) is 1.82. The molecule has 2 aromatic rings. The van der Waals surface area contributed by atoms with E-state index >= 15 is 0 Å². The van der Waals surface area contributed by atoms with Gasteiger partial charge in [0.15, 0.2) is 0 Å². The normalized spacial score (nSPS) is 17.2. The Kier molecular flexibility index (Phi) is 1.56. The van der Waals surface area contributed by atoms with Crippen LogP contribution in [0.4, 0.5) is 0 Å². The lowest BCUT2D eigenvalue weighted by molar-refractivity contribution is -0.348. The van der Waals surface area contributed by atoms with Crippen molar-refractivity contribution in [3.63, 3.8) is 0 Å². The van der Waals surface area contributed by atoms with E-state index in [9.17, 15) is 0 Å². The number of imidazole rings is 1. The maximum absolute atomic E-state index is 4.50. The average molecular weight is 189 g/mol. The van der Waals surface area contributed by atoms with Gasteiger partial charge in [-0.25, -0.2) is 9.97 Å². The van der Waals surface area contributed by atoms with Crippen LogP contribution in [0.15, 0.2) is 6.20 Å². The molecule has 0 bridgehead atoms. The SMILES string of the molecule is Cc1c[nH+]c2nc(C3CCC3)[nH]c2n1. The molecule has 4 heteroatoms. The van der Waals surface area contributed by atoms with Gasteiger partial charge in [0.25, 0.3) is 0 Å². The highest BCUT2D eigenvalue weighted by Gasteiger charge is 2.27. The van der Waals surface area contributed by atoms with Crippen LogP contribution in [0.25, 0.3) is 11.3 Å². The maximum atomic E-state index is 4.50. The van der Waals surface area contributed by atoms with E-state index in [-0.39, 0.29) is 0 Å². The molecule has 0 amide bonds. The summed E-state index contributed by atoms with van der Waals surface area (Å²) >= 11 is 0. The minimum absolute atomic E-state index is 0.637. The first kappa shape index (κ1) is 7.91. The first-order chi connectivity index (χ1) is 6.83. The van der Waals surface area contributed by atoms with E-state index in [0.29, 0.717) is 5.92 Å². The Morgan fingerprint density at radius 3 is 3.00 bits per heavy atom. The van der Waals surface area contributed by atoms with E-state index < -0.39 is 0 Å². The van der Waals surface area contributed by atoms with Crippen LogP contribution in [0.3, 0.4) is 0 Å². The van der Waals surface area contributed by atoms with Crippen molar-refractivity contribution in [3.8, 4) is 0 Å². The Balaban J connectivity index is 2.10. The largest absolute Gasteiger partial charge is 0.366 e. The molecule has 3 rings (SSSR count). The van der Waals surface area contributed by atoms with Crippen molar-refractivity contribution in [1.82, 2.24) is 15.0 Å². The Morgan fingerprint density at radius 2 is 2.29 bits per heavy atom. The Hall–Kier alpha value is -1.45. The summed E-state index contributed by atoms with van der Waals surface area (Å²) in [4.78, 5) is 15.3. The van der Waals surface area contributed by atoms with Crippen molar-refractivity contribution in [2.75, 3.05) is 0 Å². The van der Waals surface area contributed by atoms with Crippen molar-refractivity contribution in [2.24, 2.45) is 0 Å². The van der Waals surface area contributed by atoms with Crippen LogP contribution in [-0.2, 0) is 0 Å². The number of aromatic nitrogens is 4. The second-order valence-corrected chi connectivity index (χ2v) is 3.99. The summed E-state index contributed by atoms with van der Waals surface area (Å²) in [6.07, 6.45) is 5.74. The van der Waals surface area contributed by atoms with E-state index in [1.54, 1.807) is 0 Å². The van der Waals surface area contributed by atoms with E-state index in [0.717, 1.165) is 22.8 Å². The zero-order valence-electron chi connectivity index (χ0n) is 8.17. The monoisotopic (exact) mass is 189 g/mol.